The molecule has 2 fully saturated rings. The molecule has 9 nitrogen and oxygen atoms in total. The van der Waals surface area contributed by atoms with E-state index >= 15 is 0 Å². The Morgan fingerprint density at radius 3 is 2.63 bits per heavy atom. The third kappa shape index (κ3) is 4.71. The van der Waals surface area contributed by atoms with E-state index in [1.54, 1.807) is 11.7 Å². The highest BCUT2D eigenvalue weighted by Gasteiger charge is 2.32. The molecule has 0 saturated carbocycles. The van der Waals surface area contributed by atoms with Gasteiger partial charge < -0.3 is 14.4 Å². The van der Waals surface area contributed by atoms with Crippen LogP contribution in [-0.2, 0) is 24.5 Å². The van der Waals surface area contributed by atoms with Crippen LogP contribution in [0.15, 0.2) is 29.1 Å². The van der Waals surface area contributed by atoms with Gasteiger partial charge in [-0.2, -0.15) is 18.2 Å². The molecule has 0 bridgehead atoms. The minimum atomic E-state index is -4.38. The SMILES string of the molecule is C[C@H]1C[C@@H](Oc2ccc(C(F)(F)F)cc2)CCN1c1nc(=O)n(C)c2c1nnn2C[C@H]1CCCO1. The lowest BCUT2D eigenvalue weighted by Gasteiger charge is -2.38. The number of aryl methyl sites for hydroxylation is 1. The van der Waals surface area contributed by atoms with Crippen molar-refractivity contribution in [2.24, 2.45) is 7.05 Å². The summed E-state index contributed by atoms with van der Waals surface area (Å²) in [5.74, 6) is 0.886. The van der Waals surface area contributed by atoms with Gasteiger partial charge in [0.2, 0.25) is 0 Å². The number of fused-ring (bicyclic) bond motifs is 1. The number of nitrogens with zero attached hydrogens (tertiary/aromatic N) is 6. The Balaban J connectivity index is 1.33. The van der Waals surface area contributed by atoms with E-state index in [0.717, 1.165) is 31.6 Å². The lowest BCUT2D eigenvalue weighted by molar-refractivity contribution is -0.137. The molecule has 2 aliphatic rings. The molecule has 2 aromatic heterocycles. The predicted molar refractivity (Wildman–Crippen MR) is 121 cm³/mol. The van der Waals surface area contributed by atoms with E-state index in [4.69, 9.17) is 9.47 Å². The molecule has 0 aliphatic carbocycles. The smallest absolute Gasteiger partial charge is 0.416 e. The second-order valence-electron chi connectivity index (χ2n) is 9.18. The first-order chi connectivity index (χ1) is 16.7. The van der Waals surface area contributed by atoms with Crippen LogP contribution in [0, 0.1) is 0 Å². The molecule has 0 amide bonds. The normalized spacial score (nSPS) is 23.2. The van der Waals surface area contributed by atoms with Gasteiger partial charge in [-0.15, -0.1) is 5.10 Å². The van der Waals surface area contributed by atoms with Gasteiger partial charge in [0.1, 0.15) is 11.9 Å². The van der Waals surface area contributed by atoms with E-state index in [1.807, 2.05) is 11.8 Å². The summed E-state index contributed by atoms with van der Waals surface area (Å²) in [4.78, 5) is 19.0. The maximum absolute atomic E-state index is 12.8. The van der Waals surface area contributed by atoms with Crippen LogP contribution in [0.5, 0.6) is 5.75 Å². The van der Waals surface area contributed by atoms with Gasteiger partial charge in [-0.25, -0.2) is 9.48 Å². The number of benzene rings is 1. The molecule has 35 heavy (non-hydrogen) atoms. The summed E-state index contributed by atoms with van der Waals surface area (Å²) in [6.07, 6.45) is -1.33. The third-order valence-corrected chi connectivity index (χ3v) is 6.71. The van der Waals surface area contributed by atoms with Crippen molar-refractivity contribution in [2.75, 3.05) is 18.1 Å². The van der Waals surface area contributed by atoms with E-state index in [1.165, 1.54) is 16.7 Å². The van der Waals surface area contributed by atoms with Crippen LogP contribution in [0.2, 0.25) is 0 Å². The summed E-state index contributed by atoms with van der Waals surface area (Å²) < 4.78 is 53.3. The van der Waals surface area contributed by atoms with Crippen molar-refractivity contribution >= 4 is 17.0 Å². The first-order valence-corrected chi connectivity index (χ1v) is 11.7. The zero-order valence-electron chi connectivity index (χ0n) is 19.5. The fourth-order valence-electron chi connectivity index (χ4n) is 4.86. The van der Waals surface area contributed by atoms with Gasteiger partial charge in [0.15, 0.2) is 17.0 Å². The molecule has 0 unspecified atom stereocenters. The minimum Gasteiger partial charge on any atom is -0.490 e. The fraction of sp³-hybridized carbons (Fsp3) is 0.565. The molecule has 5 rings (SSSR count). The van der Waals surface area contributed by atoms with Crippen LogP contribution in [0.25, 0.3) is 11.2 Å². The first-order valence-electron chi connectivity index (χ1n) is 11.7. The van der Waals surface area contributed by atoms with Crippen LogP contribution in [0.1, 0.15) is 38.2 Å². The largest absolute Gasteiger partial charge is 0.490 e. The molecule has 4 heterocycles. The molecular weight excluding hydrogens is 465 g/mol. The Hall–Kier alpha value is -3.15. The minimum absolute atomic E-state index is 0.0330. The lowest BCUT2D eigenvalue weighted by Crippen LogP contribution is -2.45. The number of piperidine rings is 1. The van der Waals surface area contributed by atoms with Gasteiger partial charge >= 0.3 is 11.9 Å². The van der Waals surface area contributed by atoms with E-state index in [2.05, 4.69) is 15.3 Å². The molecule has 188 valence electrons. The predicted octanol–water partition coefficient (Wildman–Crippen LogP) is 3.16. The topological polar surface area (TPSA) is 87.3 Å². The molecular formula is C23H27F3N6O3. The first kappa shape index (κ1) is 23.6. The van der Waals surface area contributed by atoms with Crippen LogP contribution in [0.4, 0.5) is 19.0 Å². The third-order valence-electron chi connectivity index (χ3n) is 6.71. The number of hydrogen-bond donors (Lipinski definition) is 0. The quantitative estimate of drug-likeness (QED) is 0.541. The van der Waals surface area contributed by atoms with Gasteiger partial charge in [0.05, 0.1) is 18.2 Å². The number of aromatic nitrogens is 5. The average Bonchev–Trinajstić information content (AvgIpc) is 3.47. The molecule has 12 heteroatoms. The number of ether oxygens (including phenoxy) is 2. The molecule has 3 aromatic rings. The molecule has 0 radical (unpaired) electrons. The van der Waals surface area contributed by atoms with Crippen molar-refractivity contribution in [1.82, 2.24) is 24.5 Å². The molecule has 0 N–H and O–H groups in total. The molecule has 2 aliphatic heterocycles. The maximum Gasteiger partial charge on any atom is 0.416 e. The average molecular weight is 493 g/mol. The van der Waals surface area contributed by atoms with Crippen LogP contribution in [-0.4, -0.2) is 55.9 Å². The van der Waals surface area contributed by atoms with Gasteiger partial charge in [0.25, 0.3) is 0 Å². The molecule has 1 aromatic carbocycles. The number of anilines is 1. The van der Waals surface area contributed by atoms with Crippen molar-refractivity contribution < 1.29 is 22.6 Å². The Labute approximate surface area is 199 Å². The van der Waals surface area contributed by atoms with Crippen molar-refractivity contribution in [1.29, 1.82) is 0 Å². The molecule has 3 atom stereocenters. The lowest BCUT2D eigenvalue weighted by atomic mass is 10.0. The van der Waals surface area contributed by atoms with Crippen molar-refractivity contribution in [3.8, 4) is 5.75 Å². The Bertz CT molecular complexity index is 1250. The number of rotatable bonds is 5. The highest BCUT2D eigenvalue weighted by atomic mass is 19.4. The standard InChI is InChI=1S/C23H27F3N6O3/c1-14-12-17(35-16-7-5-15(6-8-16)23(24,25)26)9-10-31(14)20-19-21(30(2)22(33)27-20)32(29-28-19)13-18-4-3-11-34-18/h5-8,14,17-18H,3-4,9-13H2,1-2H3/t14-,17-,18+/m0/s1. The summed E-state index contributed by atoms with van der Waals surface area (Å²) in [5.41, 5.74) is 0.0601. The summed E-state index contributed by atoms with van der Waals surface area (Å²) in [6.45, 7) is 3.81. The van der Waals surface area contributed by atoms with Gasteiger partial charge in [0, 0.05) is 39.1 Å². The summed E-state index contributed by atoms with van der Waals surface area (Å²) in [6, 6.07) is 4.70. The second-order valence-corrected chi connectivity index (χ2v) is 9.18. The van der Waals surface area contributed by atoms with E-state index in [9.17, 15) is 18.0 Å². The molecule has 0 spiro atoms. The summed E-state index contributed by atoms with van der Waals surface area (Å²) >= 11 is 0. The summed E-state index contributed by atoms with van der Waals surface area (Å²) in [7, 11) is 1.66. The zero-order chi connectivity index (χ0) is 24.7. The van der Waals surface area contributed by atoms with Crippen molar-refractivity contribution in [2.45, 2.75) is 63.6 Å². The van der Waals surface area contributed by atoms with Gasteiger partial charge in [-0.05, 0) is 44.0 Å². The Kier molecular flexibility index (Phi) is 6.16. The molecule has 2 saturated heterocycles. The van der Waals surface area contributed by atoms with E-state index < -0.39 is 17.4 Å². The second kappa shape index (κ2) is 9.14. The van der Waals surface area contributed by atoms with Crippen molar-refractivity contribution in [3.63, 3.8) is 0 Å². The van der Waals surface area contributed by atoms with Gasteiger partial charge in [-0.1, -0.05) is 5.21 Å². The number of alkyl halides is 3. The Morgan fingerprint density at radius 1 is 1.20 bits per heavy atom. The Morgan fingerprint density at radius 2 is 1.97 bits per heavy atom. The fourth-order valence-corrected chi connectivity index (χ4v) is 4.86. The number of halogens is 3. The maximum atomic E-state index is 12.8. The number of hydrogen-bond acceptors (Lipinski definition) is 7. The highest BCUT2D eigenvalue weighted by Crippen LogP contribution is 2.32. The van der Waals surface area contributed by atoms with Crippen molar-refractivity contribution in [3.05, 3.63) is 40.3 Å². The highest BCUT2D eigenvalue weighted by molar-refractivity contribution is 5.83. The monoisotopic (exact) mass is 492 g/mol. The van der Waals surface area contributed by atoms with E-state index in [-0.39, 0.29) is 18.2 Å². The summed E-state index contributed by atoms with van der Waals surface area (Å²) in [5, 5.41) is 8.65. The van der Waals surface area contributed by atoms with E-state index in [0.29, 0.717) is 48.7 Å². The zero-order valence-corrected chi connectivity index (χ0v) is 19.5. The van der Waals surface area contributed by atoms with Crippen LogP contribution < -0.4 is 15.3 Å². The van der Waals surface area contributed by atoms with Gasteiger partial charge in [-0.3, -0.25) is 4.57 Å². The van der Waals surface area contributed by atoms with Crippen LogP contribution >= 0.6 is 0 Å². The van der Waals surface area contributed by atoms with Crippen LogP contribution in [0.3, 0.4) is 0 Å².